The van der Waals surface area contributed by atoms with E-state index >= 15 is 0 Å². The van der Waals surface area contributed by atoms with Crippen molar-refractivity contribution in [2.24, 2.45) is 0 Å². The molecule has 7 nitrogen and oxygen atoms in total. The molecule has 0 spiro atoms. The number of nitrogens with one attached hydrogen (secondary N) is 3. The van der Waals surface area contributed by atoms with Crippen LogP contribution in [0.15, 0.2) is 0 Å². The number of aryl methyl sites for hydroxylation is 1. The number of hydrogen-bond acceptors (Lipinski definition) is 6. The zero-order valence-electron chi connectivity index (χ0n) is 11.7. The van der Waals surface area contributed by atoms with E-state index in [1.165, 1.54) is 0 Å². The minimum Gasteiger partial charge on any atom is -0.373 e. The lowest BCUT2D eigenvalue weighted by molar-refractivity contribution is 0.586. The normalized spacial score (nSPS) is 11.4. The van der Waals surface area contributed by atoms with Crippen molar-refractivity contribution in [3.8, 4) is 0 Å². The van der Waals surface area contributed by atoms with Crippen molar-refractivity contribution < 1.29 is 8.42 Å². The van der Waals surface area contributed by atoms with Crippen LogP contribution in [0.4, 0.5) is 11.6 Å². The third-order valence-corrected chi connectivity index (χ3v) is 3.23. The fraction of sp³-hybridized carbons (Fsp3) is 0.636. The Morgan fingerprint density at radius 1 is 1.11 bits per heavy atom. The van der Waals surface area contributed by atoms with Crippen molar-refractivity contribution in [1.29, 1.82) is 0 Å². The van der Waals surface area contributed by atoms with Crippen molar-refractivity contribution in [2.75, 3.05) is 37.0 Å². The molecule has 0 aromatic carbocycles. The molecule has 0 fully saturated rings. The van der Waals surface area contributed by atoms with E-state index in [2.05, 4.69) is 25.3 Å². The van der Waals surface area contributed by atoms with Crippen LogP contribution in [0.3, 0.4) is 0 Å². The maximum Gasteiger partial charge on any atom is 0.208 e. The Kier molecular flexibility index (Phi) is 5.49. The number of aromatic nitrogens is 2. The molecule has 3 N–H and O–H groups in total. The van der Waals surface area contributed by atoms with E-state index in [9.17, 15) is 8.42 Å². The maximum absolute atomic E-state index is 10.9. The second-order valence-corrected chi connectivity index (χ2v) is 6.12. The van der Waals surface area contributed by atoms with Crippen molar-refractivity contribution >= 4 is 21.7 Å². The van der Waals surface area contributed by atoms with Crippen LogP contribution in [0, 0.1) is 13.8 Å². The van der Waals surface area contributed by atoms with Crippen molar-refractivity contribution in [1.82, 2.24) is 14.7 Å². The van der Waals surface area contributed by atoms with Crippen LogP contribution in [0.1, 0.15) is 17.8 Å². The first kappa shape index (κ1) is 15.6. The van der Waals surface area contributed by atoms with Gasteiger partial charge < -0.3 is 10.6 Å². The first-order valence-electron chi connectivity index (χ1n) is 6.05. The smallest absolute Gasteiger partial charge is 0.208 e. The molecule has 1 heterocycles. The van der Waals surface area contributed by atoms with Gasteiger partial charge in [0.05, 0.1) is 6.26 Å². The molecule has 108 valence electrons. The average Bonchev–Trinajstić information content (AvgIpc) is 2.31. The summed E-state index contributed by atoms with van der Waals surface area (Å²) in [5.41, 5.74) is 0.948. The number of nitrogens with zero attached hydrogens (tertiary/aromatic N) is 2. The minimum atomic E-state index is -3.11. The molecule has 8 heteroatoms. The van der Waals surface area contributed by atoms with Gasteiger partial charge in [0.25, 0.3) is 0 Å². The molecule has 0 aliphatic rings. The van der Waals surface area contributed by atoms with Gasteiger partial charge in [-0.25, -0.2) is 23.1 Å². The molecule has 0 aliphatic carbocycles. The highest BCUT2D eigenvalue weighted by Crippen LogP contribution is 2.18. The summed E-state index contributed by atoms with van der Waals surface area (Å²) in [7, 11) is -1.29. The van der Waals surface area contributed by atoms with Gasteiger partial charge in [0.15, 0.2) is 0 Å². The SMILES string of the molecule is CNc1nc(C)nc(NCCCNS(C)(=O)=O)c1C. The lowest BCUT2D eigenvalue weighted by Gasteiger charge is -2.12. The molecule has 1 aromatic rings. The second kappa shape index (κ2) is 6.67. The molecule has 0 atom stereocenters. The summed E-state index contributed by atoms with van der Waals surface area (Å²) in [5.74, 6) is 2.26. The topological polar surface area (TPSA) is 96.0 Å². The van der Waals surface area contributed by atoms with Gasteiger partial charge >= 0.3 is 0 Å². The number of rotatable bonds is 7. The van der Waals surface area contributed by atoms with Crippen LogP contribution in [0.2, 0.25) is 0 Å². The highest BCUT2D eigenvalue weighted by atomic mass is 32.2. The summed E-state index contributed by atoms with van der Waals surface area (Å²) in [6.45, 7) is 4.82. The van der Waals surface area contributed by atoms with Crippen LogP contribution in [0.25, 0.3) is 0 Å². The Labute approximate surface area is 114 Å². The molecule has 0 radical (unpaired) electrons. The van der Waals surface area contributed by atoms with Gasteiger partial charge in [0, 0.05) is 25.7 Å². The van der Waals surface area contributed by atoms with Crippen molar-refractivity contribution in [2.45, 2.75) is 20.3 Å². The molecule has 1 aromatic heterocycles. The van der Waals surface area contributed by atoms with Gasteiger partial charge in [-0.3, -0.25) is 0 Å². The Morgan fingerprint density at radius 3 is 2.32 bits per heavy atom. The van der Waals surface area contributed by atoms with E-state index < -0.39 is 10.0 Å². The molecule has 0 saturated heterocycles. The molecular weight excluding hydrogens is 266 g/mol. The Hall–Kier alpha value is -1.41. The molecule has 1 rings (SSSR count). The first-order chi connectivity index (χ1) is 8.83. The Balaban J connectivity index is 2.52. The highest BCUT2D eigenvalue weighted by Gasteiger charge is 2.07. The summed E-state index contributed by atoms with van der Waals surface area (Å²) < 4.78 is 24.2. The minimum absolute atomic E-state index is 0.411. The lowest BCUT2D eigenvalue weighted by atomic mass is 10.3. The molecule has 0 unspecified atom stereocenters. The molecule has 0 aliphatic heterocycles. The fourth-order valence-corrected chi connectivity index (χ4v) is 2.11. The summed E-state index contributed by atoms with van der Waals surface area (Å²) >= 11 is 0. The summed E-state index contributed by atoms with van der Waals surface area (Å²) in [6, 6.07) is 0. The van der Waals surface area contributed by atoms with Gasteiger partial charge in [-0.1, -0.05) is 0 Å². The van der Waals surface area contributed by atoms with Crippen LogP contribution >= 0.6 is 0 Å². The Bertz CT molecular complexity index is 530. The van der Waals surface area contributed by atoms with E-state index in [0.717, 1.165) is 23.5 Å². The molecule has 19 heavy (non-hydrogen) atoms. The third kappa shape index (κ3) is 5.39. The second-order valence-electron chi connectivity index (χ2n) is 4.29. The van der Waals surface area contributed by atoms with E-state index in [1.54, 1.807) is 0 Å². The summed E-state index contributed by atoms with van der Waals surface area (Å²) in [5, 5.41) is 6.20. The van der Waals surface area contributed by atoms with Crippen molar-refractivity contribution in [3.63, 3.8) is 0 Å². The lowest BCUT2D eigenvalue weighted by Crippen LogP contribution is -2.24. The van der Waals surface area contributed by atoms with Crippen LogP contribution in [-0.4, -0.2) is 44.8 Å². The predicted octanol–water partition coefficient (Wildman–Crippen LogP) is 0.486. The van der Waals surface area contributed by atoms with E-state index in [0.29, 0.717) is 25.3 Å². The molecule has 0 amide bonds. The molecule has 0 bridgehead atoms. The zero-order valence-corrected chi connectivity index (χ0v) is 12.6. The summed E-state index contributed by atoms with van der Waals surface area (Å²) in [4.78, 5) is 8.60. The highest BCUT2D eigenvalue weighted by molar-refractivity contribution is 7.88. The number of hydrogen-bond donors (Lipinski definition) is 3. The van der Waals surface area contributed by atoms with Gasteiger partial charge in [0.1, 0.15) is 17.5 Å². The summed E-state index contributed by atoms with van der Waals surface area (Å²) in [6.07, 6.45) is 1.84. The van der Waals surface area contributed by atoms with E-state index in [-0.39, 0.29) is 0 Å². The third-order valence-electron chi connectivity index (χ3n) is 2.50. The number of sulfonamides is 1. The number of anilines is 2. The monoisotopic (exact) mass is 287 g/mol. The van der Waals surface area contributed by atoms with Crippen LogP contribution in [-0.2, 0) is 10.0 Å². The van der Waals surface area contributed by atoms with Gasteiger partial charge in [-0.2, -0.15) is 0 Å². The quantitative estimate of drug-likeness (QED) is 0.632. The van der Waals surface area contributed by atoms with Gasteiger partial charge in [0.2, 0.25) is 10.0 Å². The van der Waals surface area contributed by atoms with Crippen molar-refractivity contribution in [3.05, 3.63) is 11.4 Å². The molecular formula is C11H21N5O2S. The zero-order chi connectivity index (χ0) is 14.5. The predicted molar refractivity (Wildman–Crippen MR) is 77.0 cm³/mol. The maximum atomic E-state index is 10.9. The van der Waals surface area contributed by atoms with E-state index in [4.69, 9.17) is 0 Å². The van der Waals surface area contributed by atoms with Crippen LogP contribution < -0.4 is 15.4 Å². The standard InChI is InChI=1S/C11H21N5O2S/c1-8-10(12-3)15-9(2)16-11(8)13-6-5-7-14-19(4,17)18/h14H,5-7H2,1-4H3,(H2,12,13,15,16). The largest absolute Gasteiger partial charge is 0.373 e. The first-order valence-corrected chi connectivity index (χ1v) is 7.94. The molecule has 0 saturated carbocycles. The van der Waals surface area contributed by atoms with Crippen LogP contribution in [0.5, 0.6) is 0 Å². The average molecular weight is 287 g/mol. The van der Waals surface area contributed by atoms with Gasteiger partial charge in [-0.15, -0.1) is 0 Å². The van der Waals surface area contributed by atoms with Gasteiger partial charge in [-0.05, 0) is 20.3 Å². The van der Waals surface area contributed by atoms with E-state index in [1.807, 2.05) is 20.9 Å². The fourth-order valence-electron chi connectivity index (χ4n) is 1.60. The Morgan fingerprint density at radius 2 is 1.74 bits per heavy atom.